The minimum Gasteiger partial charge on any atom is -0.489 e. The van der Waals surface area contributed by atoms with E-state index in [0.29, 0.717) is 28.3 Å². The third-order valence-corrected chi connectivity index (χ3v) is 4.48. The average Bonchev–Trinajstić information content (AvgIpc) is 2.42. The van der Waals surface area contributed by atoms with Crippen LogP contribution in [0.2, 0.25) is 10.0 Å². The highest BCUT2D eigenvalue weighted by molar-refractivity contribution is 6.37. The largest absolute Gasteiger partial charge is 0.489 e. The van der Waals surface area contributed by atoms with Crippen LogP contribution in [0.5, 0.6) is 5.75 Å². The summed E-state index contributed by atoms with van der Waals surface area (Å²) in [5.74, 6) is 1.000. The molecule has 0 aromatic heterocycles. The lowest BCUT2D eigenvalue weighted by Gasteiger charge is -2.33. The fraction of sp³-hybridized carbons (Fsp3) is 0.600. The summed E-state index contributed by atoms with van der Waals surface area (Å²) in [5.41, 5.74) is 0. The van der Waals surface area contributed by atoms with Gasteiger partial charge in [0.05, 0.1) is 16.1 Å². The van der Waals surface area contributed by atoms with Crippen molar-refractivity contribution in [2.45, 2.75) is 25.9 Å². The van der Waals surface area contributed by atoms with Crippen LogP contribution in [-0.4, -0.2) is 42.4 Å². The second kappa shape index (κ2) is 7.51. The Balaban J connectivity index is 1.74. The molecule has 1 atom stereocenters. The number of aliphatic hydroxyl groups is 1. The van der Waals surface area contributed by atoms with Crippen LogP contribution >= 0.6 is 23.2 Å². The molecule has 1 unspecified atom stereocenters. The fourth-order valence-corrected chi connectivity index (χ4v) is 3.06. The Morgan fingerprint density at radius 3 is 2.45 bits per heavy atom. The van der Waals surface area contributed by atoms with Gasteiger partial charge in [-0.1, -0.05) is 29.3 Å². The standard InChI is InChI=1S/C15H21Cl2NO2/c1-11(19)12-5-7-18(8-6-12)9-10-20-15-13(16)3-2-4-14(15)17/h2-4,11-12,19H,5-10H2,1H3. The van der Waals surface area contributed by atoms with Gasteiger partial charge in [-0.05, 0) is 50.9 Å². The first-order chi connectivity index (χ1) is 9.58. The summed E-state index contributed by atoms with van der Waals surface area (Å²) in [7, 11) is 0. The van der Waals surface area contributed by atoms with Gasteiger partial charge in [0.2, 0.25) is 0 Å². The highest BCUT2D eigenvalue weighted by Crippen LogP contribution is 2.32. The summed E-state index contributed by atoms with van der Waals surface area (Å²) >= 11 is 12.1. The van der Waals surface area contributed by atoms with Crippen molar-refractivity contribution in [3.63, 3.8) is 0 Å². The van der Waals surface area contributed by atoms with Gasteiger partial charge in [0.1, 0.15) is 6.61 Å². The van der Waals surface area contributed by atoms with Crippen molar-refractivity contribution in [3.05, 3.63) is 28.2 Å². The lowest BCUT2D eigenvalue weighted by atomic mass is 9.92. The highest BCUT2D eigenvalue weighted by Gasteiger charge is 2.22. The van der Waals surface area contributed by atoms with Gasteiger partial charge in [-0.2, -0.15) is 0 Å². The molecule has 1 saturated heterocycles. The Labute approximate surface area is 130 Å². The smallest absolute Gasteiger partial charge is 0.156 e. The van der Waals surface area contributed by atoms with Crippen LogP contribution in [0.15, 0.2) is 18.2 Å². The van der Waals surface area contributed by atoms with E-state index < -0.39 is 0 Å². The lowest BCUT2D eigenvalue weighted by molar-refractivity contribution is 0.0672. The van der Waals surface area contributed by atoms with E-state index in [4.69, 9.17) is 27.9 Å². The molecular weight excluding hydrogens is 297 g/mol. The molecule has 0 aliphatic carbocycles. The summed E-state index contributed by atoms with van der Waals surface area (Å²) in [6.45, 7) is 5.32. The van der Waals surface area contributed by atoms with E-state index in [2.05, 4.69) is 4.90 Å². The molecule has 1 aliphatic heterocycles. The SMILES string of the molecule is CC(O)C1CCN(CCOc2c(Cl)cccc2Cl)CC1. The summed E-state index contributed by atoms with van der Waals surface area (Å²) < 4.78 is 5.69. The predicted molar refractivity (Wildman–Crippen MR) is 82.8 cm³/mol. The van der Waals surface area contributed by atoms with E-state index in [1.54, 1.807) is 18.2 Å². The number of ether oxygens (including phenoxy) is 1. The van der Waals surface area contributed by atoms with Crippen LogP contribution in [0, 0.1) is 5.92 Å². The Kier molecular flexibility index (Phi) is 5.97. The number of para-hydroxylation sites is 1. The number of piperidine rings is 1. The maximum absolute atomic E-state index is 9.58. The van der Waals surface area contributed by atoms with Gasteiger partial charge in [0.15, 0.2) is 5.75 Å². The molecule has 0 radical (unpaired) electrons. The first-order valence-corrected chi connectivity index (χ1v) is 7.80. The quantitative estimate of drug-likeness (QED) is 0.902. The molecule has 1 fully saturated rings. The number of rotatable bonds is 5. The highest BCUT2D eigenvalue weighted by atomic mass is 35.5. The molecule has 1 heterocycles. The van der Waals surface area contributed by atoms with Gasteiger partial charge in [0, 0.05) is 6.54 Å². The van der Waals surface area contributed by atoms with Gasteiger partial charge in [-0.25, -0.2) is 0 Å². The zero-order chi connectivity index (χ0) is 14.5. The summed E-state index contributed by atoms with van der Waals surface area (Å²) in [6, 6.07) is 5.35. The van der Waals surface area contributed by atoms with E-state index in [1.807, 2.05) is 6.92 Å². The number of aliphatic hydroxyl groups excluding tert-OH is 1. The van der Waals surface area contributed by atoms with Gasteiger partial charge < -0.3 is 9.84 Å². The number of nitrogens with zero attached hydrogens (tertiary/aromatic N) is 1. The van der Waals surface area contributed by atoms with Crippen molar-refractivity contribution < 1.29 is 9.84 Å². The fourth-order valence-electron chi connectivity index (χ4n) is 2.56. The van der Waals surface area contributed by atoms with Gasteiger partial charge in [-0.3, -0.25) is 4.90 Å². The Bertz CT molecular complexity index is 412. The molecule has 0 saturated carbocycles. The lowest BCUT2D eigenvalue weighted by Crippen LogP contribution is -2.39. The molecule has 0 bridgehead atoms. The molecule has 3 nitrogen and oxygen atoms in total. The molecule has 20 heavy (non-hydrogen) atoms. The topological polar surface area (TPSA) is 32.7 Å². The number of likely N-dealkylation sites (tertiary alicyclic amines) is 1. The predicted octanol–water partition coefficient (Wildman–Crippen LogP) is 3.47. The normalized spacial score (nSPS) is 19.0. The molecule has 112 valence electrons. The molecule has 1 aromatic carbocycles. The molecule has 1 N–H and O–H groups in total. The van der Waals surface area contributed by atoms with Crippen molar-refractivity contribution >= 4 is 23.2 Å². The van der Waals surface area contributed by atoms with E-state index >= 15 is 0 Å². The number of halogens is 2. The van der Waals surface area contributed by atoms with Crippen molar-refractivity contribution in [1.82, 2.24) is 4.90 Å². The van der Waals surface area contributed by atoms with E-state index in [-0.39, 0.29) is 6.10 Å². The number of benzene rings is 1. The van der Waals surface area contributed by atoms with Crippen LogP contribution in [0.1, 0.15) is 19.8 Å². The summed E-state index contributed by atoms with van der Waals surface area (Å²) in [5, 5.41) is 10.7. The maximum Gasteiger partial charge on any atom is 0.156 e. The zero-order valence-corrected chi connectivity index (χ0v) is 13.2. The van der Waals surface area contributed by atoms with Crippen LogP contribution in [0.25, 0.3) is 0 Å². The summed E-state index contributed by atoms with van der Waals surface area (Å²) in [6.07, 6.45) is 1.89. The number of hydrogen-bond acceptors (Lipinski definition) is 3. The first kappa shape index (κ1) is 15.9. The molecular formula is C15H21Cl2NO2. The van der Waals surface area contributed by atoms with E-state index in [9.17, 15) is 5.11 Å². The van der Waals surface area contributed by atoms with Crippen LogP contribution < -0.4 is 4.74 Å². The molecule has 1 aromatic rings. The van der Waals surface area contributed by atoms with Crippen LogP contribution in [0.3, 0.4) is 0 Å². The van der Waals surface area contributed by atoms with Crippen LogP contribution in [-0.2, 0) is 0 Å². The monoisotopic (exact) mass is 317 g/mol. The van der Waals surface area contributed by atoms with Gasteiger partial charge in [-0.15, -0.1) is 0 Å². The zero-order valence-electron chi connectivity index (χ0n) is 11.7. The molecule has 0 amide bonds. The van der Waals surface area contributed by atoms with E-state index in [0.717, 1.165) is 32.5 Å². The van der Waals surface area contributed by atoms with Crippen molar-refractivity contribution in [2.24, 2.45) is 5.92 Å². The minimum atomic E-state index is -0.199. The average molecular weight is 318 g/mol. The first-order valence-electron chi connectivity index (χ1n) is 7.05. The molecule has 5 heteroatoms. The molecule has 0 spiro atoms. The third-order valence-electron chi connectivity index (χ3n) is 3.89. The second-order valence-corrected chi connectivity index (χ2v) is 6.13. The van der Waals surface area contributed by atoms with E-state index in [1.165, 1.54) is 0 Å². The minimum absolute atomic E-state index is 0.199. The number of hydrogen-bond donors (Lipinski definition) is 1. The van der Waals surface area contributed by atoms with Crippen LogP contribution in [0.4, 0.5) is 0 Å². The van der Waals surface area contributed by atoms with Crippen molar-refractivity contribution in [1.29, 1.82) is 0 Å². The molecule has 2 rings (SSSR count). The molecule has 1 aliphatic rings. The van der Waals surface area contributed by atoms with Crippen molar-refractivity contribution in [3.8, 4) is 5.75 Å². The summed E-state index contributed by atoms with van der Waals surface area (Å²) in [4.78, 5) is 2.35. The van der Waals surface area contributed by atoms with Gasteiger partial charge >= 0.3 is 0 Å². The third kappa shape index (κ3) is 4.26. The van der Waals surface area contributed by atoms with Crippen molar-refractivity contribution in [2.75, 3.05) is 26.2 Å². The van der Waals surface area contributed by atoms with Gasteiger partial charge in [0.25, 0.3) is 0 Å². The Morgan fingerprint density at radius 1 is 1.30 bits per heavy atom. The second-order valence-electron chi connectivity index (χ2n) is 5.32. The maximum atomic E-state index is 9.58. The Hall–Kier alpha value is -0.480. The Morgan fingerprint density at radius 2 is 1.90 bits per heavy atom.